The minimum absolute atomic E-state index is 0.183. The summed E-state index contributed by atoms with van der Waals surface area (Å²) >= 11 is 1.44. The number of carbonyl (C=O) groups excluding carboxylic acids is 2. The van der Waals surface area contributed by atoms with Crippen LogP contribution in [0.5, 0.6) is 11.5 Å². The van der Waals surface area contributed by atoms with Gasteiger partial charge in [-0.25, -0.2) is 4.79 Å². The Labute approximate surface area is 179 Å². The maximum atomic E-state index is 12.6. The van der Waals surface area contributed by atoms with Gasteiger partial charge in [-0.05, 0) is 54.5 Å². The first-order chi connectivity index (χ1) is 14.6. The fraction of sp³-hybridized carbons (Fsp3) is 0.250. The second kappa shape index (κ2) is 8.32. The van der Waals surface area contributed by atoms with Crippen LogP contribution in [0.1, 0.15) is 35.7 Å². The van der Waals surface area contributed by atoms with E-state index < -0.39 is 11.4 Å². The molecule has 1 saturated carbocycles. The molecule has 0 amide bonds. The predicted octanol–water partition coefficient (Wildman–Crippen LogP) is 5.24. The molecule has 0 saturated heterocycles. The van der Waals surface area contributed by atoms with Gasteiger partial charge in [-0.15, -0.1) is 0 Å². The van der Waals surface area contributed by atoms with Crippen LogP contribution in [0.3, 0.4) is 0 Å². The number of thiophene rings is 1. The van der Waals surface area contributed by atoms with Gasteiger partial charge in [0.05, 0.1) is 24.7 Å². The van der Waals surface area contributed by atoms with Crippen molar-refractivity contribution in [1.29, 1.82) is 0 Å². The number of rotatable bonds is 7. The van der Waals surface area contributed by atoms with Crippen LogP contribution < -0.4 is 9.47 Å². The highest BCUT2D eigenvalue weighted by Gasteiger charge is 2.53. The van der Waals surface area contributed by atoms with E-state index in [1.807, 2.05) is 42.6 Å². The van der Waals surface area contributed by atoms with Gasteiger partial charge in [0.25, 0.3) is 0 Å². The van der Waals surface area contributed by atoms with Gasteiger partial charge in [0.2, 0.25) is 0 Å². The molecule has 1 aliphatic carbocycles. The molecule has 154 valence electrons. The zero-order valence-corrected chi connectivity index (χ0v) is 17.7. The Balaban J connectivity index is 1.68. The molecule has 1 aliphatic rings. The van der Waals surface area contributed by atoms with Crippen molar-refractivity contribution < 1.29 is 23.8 Å². The molecule has 0 N–H and O–H groups in total. The van der Waals surface area contributed by atoms with Crippen molar-refractivity contribution >= 4 is 23.3 Å². The van der Waals surface area contributed by atoms with Gasteiger partial charge in [-0.2, -0.15) is 11.3 Å². The third kappa shape index (κ3) is 3.71. The third-order valence-electron chi connectivity index (χ3n) is 5.29. The van der Waals surface area contributed by atoms with Crippen molar-refractivity contribution in [2.24, 2.45) is 0 Å². The molecule has 0 unspecified atom stereocenters. The average molecular weight is 423 g/mol. The van der Waals surface area contributed by atoms with E-state index in [1.165, 1.54) is 11.3 Å². The van der Waals surface area contributed by atoms with Gasteiger partial charge in [-0.3, -0.25) is 4.79 Å². The summed E-state index contributed by atoms with van der Waals surface area (Å²) in [5.74, 6) is 0.372. The maximum Gasteiger partial charge on any atom is 0.344 e. The Bertz CT molecular complexity index is 1070. The van der Waals surface area contributed by atoms with Crippen molar-refractivity contribution in [3.8, 4) is 22.6 Å². The van der Waals surface area contributed by atoms with Crippen LogP contribution in [-0.2, 0) is 14.9 Å². The molecule has 0 radical (unpaired) electrons. The summed E-state index contributed by atoms with van der Waals surface area (Å²) in [5, 5.41) is 3.57. The Morgan fingerprint density at radius 2 is 1.87 bits per heavy atom. The van der Waals surface area contributed by atoms with E-state index in [1.54, 1.807) is 30.7 Å². The SMILES string of the molecule is CCOC(=O)C1(c2ccccc2-c2ccc(OC(=O)c3ccsc3)cc2OC)CC1. The third-order valence-corrected chi connectivity index (χ3v) is 5.97. The summed E-state index contributed by atoms with van der Waals surface area (Å²) in [4.78, 5) is 24.9. The lowest BCUT2D eigenvalue weighted by Gasteiger charge is -2.20. The molecule has 1 heterocycles. The molecule has 4 rings (SSSR count). The van der Waals surface area contributed by atoms with Crippen LogP contribution in [-0.4, -0.2) is 25.7 Å². The van der Waals surface area contributed by atoms with Crippen molar-refractivity contribution in [3.05, 3.63) is 70.4 Å². The lowest BCUT2D eigenvalue weighted by Crippen LogP contribution is -2.24. The molecule has 5 nitrogen and oxygen atoms in total. The topological polar surface area (TPSA) is 61.8 Å². The van der Waals surface area contributed by atoms with Crippen LogP contribution in [0.15, 0.2) is 59.3 Å². The molecule has 3 aromatic rings. The fourth-order valence-electron chi connectivity index (χ4n) is 3.62. The highest BCUT2D eigenvalue weighted by atomic mass is 32.1. The minimum atomic E-state index is -0.596. The normalized spacial score (nSPS) is 14.1. The number of hydrogen-bond acceptors (Lipinski definition) is 6. The highest BCUT2D eigenvalue weighted by molar-refractivity contribution is 7.08. The number of ether oxygens (including phenoxy) is 3. The number of methoxy groups -OCH3 is 1. The first-order valence-corrected chi connectivity index (χ1v) is 10.7. The average Bonchev–Trinajstić information content (AvgIpc) is 3.39. The second-order valence-corrected chi connectivity index (χ2v) is 7.89. The molecule has 6 heteroatoms. The van der Waals surface area contributed by atoms with Crippen molar-refractivity contribution in [1.82, 2.24) is 0 Å². The molecule has 2 aromatic carbocycles. The van der Waals surface area contributed by atoms with Crippen LogP contribution in [0, 0.1) is 0 Å². The molecular weight excluding hydrogens is 400 g/mol. The number of esters is 2. The lowest BCUT2D eigenvalue weighted by molar-refractivity contribution is -0.146. The predicted molar refractivity (Wildman–Crippen MR) is 115 cm³/mol. The molecule has 30 heavy (non-hydrogen) atoms. The van der Waals surface area contributed by atoms with Crippen LogP contribution in [0.25, 0.3) is 11.1 Å². The number of benzene rings is 2. The summed E-state index contributed by atoms with van der Waals surface area (Å²) in [6.45, 7) is 2.18. The molecule has 0 aliphatic heterocycles. The van der Waals surface area contributed by atoms with Crippen molar-refractivity contribution in [3.63, 3.8) is 0 Å². The van der Waals surface area contributed by atoms with Crippen LogP contribution in [0.2, 0.25) is 0 Å². The standard InChI is InChI=1S/C24H22O5S/c1-3-28-23(26)24(11-12-24)20-7-5-4-6-18(20)19-9-8-17(14-21(19)27-2)29-22(25)16-10-13-30-15-16/h4-10,13-15H,3,11-12H2,1-2H3. The molecule has 0 bridgehead atoms. The zero-order valence-electron chi connectivity index (χ0n) is 16.8. The van der Waals surface area contributed by atoms with Crippen LogP contribution in [0.4, 0.5) is 0 Å². The second-order valence-electron chi connectivity index (χ2n) is 7.11. The van der Waals surface area contributed by atoms with Gasteiger partial charge in [0.15, 0.2) is 0 Å². The monoisotopic (exact) mass is 422 g/mol. The van der Waals surface area contributed by atoms with Crippen molar-refractivity contribution in [2.45, 2.75) is 25.2 Å². The summed E-state index contributed by atoms with van der Waals surface area (Å²) in [6.07, 6.45) is 1.53. The smallest absolute Gasteiger partial charge is 0.344 e. The first-order valence-electron chi connectivity index (χ1n) is 9.78. The summed E-state index contributed by atoms with van der Waals surface area (Å²) in [5.41, 5.74) is 2.60. The number of carbonyl (C=O) groups is 2. The maximum absolute atomic E-state index is 12.6. The molecule has 0 atom stereocenters. The minimum Gasteiger partial charge on any atom is -0.496 e. The van der Waals surface area contributed by atoms with Crippen LogP contribution >= 0.6 is 11.3 Å². The summed E-state index contributed by atoms with van der Waals surface area (Å²) in [7, 11) is 1.57. The van der Waals surface area contributed by atoms with E-state index in [9.17, 15) is 9.59 Å². The van der Waals surface area contributed by atoms with Gasteiger partial charge in [0, 0.05) is 17.0 Å². The Morgan fingerprint density at radius 1 is 1.07 bits per heavy atom. The molecule has 1 fully saturated rings. The van der Waals surface area contributed by atoms with E-state index in [0.29, 0.717) is 23.7 Å². The van der Waals surface area contributed by atoms with Gasteiger partial charge < -0.3 is 14.2 Å². The summed E-state index contributed by atoms with van der Waals surface area (Å²) in [6, 6.07) is 14.8. The van der Waals surface area contributed by atoms with Gasteiger partial charge in [-0.1, -0.05) is 24.3 Å². The lowest BCUT2D eigenvalue weighted by atomic mass is 9.87. The van der Waals surface area contributed by atoms with Gasteiger partial charge in [0.1, 0.15) is 11.5 Å². The van der Waals surface area contributed by atoms with Crippen molar-refractivity contribution in [2.75, 3.05) is 13.7 Å². The highest BCUT2D eigenvalue weighted by Crippen LogP contribution is 2.53. The van der Waals surface area contributed by atoms with E-state index in [-0.39, 0.29) is 5.97 Å². The van der Waals surface area contributed by atoms with E-state index >= 15 is 0 Å². The number of hydrogen-bond donors (Lipinski definition) is 0. The molecular formula is C24H22O5S. The Kier molecular flexibility index (Phi) is 5.59. The zero-order chi connectivity index (χ0) is 21.1. The van der Waals surface area contributed by atoms with E-state index in [2.05, 4.69) is 0 Å². The van der Waals surface area contributed by atoms with Gasteiger partial charge >= 0.3 is 11.9 Å². The Hall–Kier alpha value is -3.12. The van der Waals surface area contributed by atoms with E-state index in [4.69, 9.17) is 14.2 Å². The largest absolute Gasteiger partial charge is 0.496 e. The molecule has 1 aromatic heterocycles. The Morgan fingerprint density at radius 3 is 2.53 bits per heavy atom. The van der Waals surface area contributed by atoms with E-state index in [0.717, 1.165) is 29.5 Å². The summed E-state index contributed by atoms with van der Waals surface area (Å²) < 4.78 is 16.4. The fourth-order valence-corrected chi connectivity index (χ4v) is 4.24. The molecule has 0 spiro atoms. The first kappa shape index (κ1) is 20.2. The quantitative estimate of drug-likeness (QED) is 0.385.